The van der Waals surface area contributed by atoms with Crippen molar-refractivity contribution in [1.29, 1.82) is 0 Å². The van der Waals surface area contributed by atoms with Crippen molar-refractivity contribution >= 4 is 23.4 Å². The van der Waals surface area contributed by atoms with E-state index in [2.05, 4.69) is 10.6 Å². The van der Waals surface area contributed by atoms with Crippen LogP contribution in [0.25, 0.3) is 0 Å². The van der Waals surface area contributed by atoms with Gasteiger partial charge >= 0.3 is 0 Å². The molecule has 2 N–H and O–H groups in total. The van der Waals surface area contributed by atoms with E-state index < -0.39 is 11.9 Å². The van der Waals surface area contributed by atoms with Gasteiger partial charge in [0.2, 0.25) is 11.8 Å². The topological polar surface area (TPSA) is 109 Å². The molecule has 44 heavy (non-hydrogen) atoms. The summed E-state index contributed by atoms with van der Waals surface area (Å²) in [5.74, 6) is -0.0653. The van der Waals surface area contributed by atoms with Gasteiger partial charge in [-0.1, -0.05) is 30.3 Å². The highest BCUT2D eigenvalue weighted by Gasteiger charge is 2.31. The third-order valence-corrected chi connectivity index (χ3v) is 7.48. The summed E-state index contributed by atoms with van der Waals surface area (Å²) in [7, 11) is 0. The van der Waals surface area contributed by atoms with Crippen LogP contribution in [0.1, 0.15) is 18.4 Å². The molecule has 2 atom stereocenters. The number of rotatable bonds is 12. The van der Waals surface area contributed by atoms with E-state index in [4.69, 9.17) is 14.2 Å². The second-order valence-electron chi connectivity index (χ2n) is 10.8. The second-order valence-corrected chi connectivity index (χ2v) is 10.8. The van der Waals surface area contributed by atoms with E-state index >= 15 is 0 Å². The number of carbonyl (C=O) groups is 3. The maximum Gasteiger partial charge on any atom is 0.251 e. The highest BCUT2D eigenvalue weighted by Crippen LogP contribution is 2.23. The first-order chi connectivity index (χ1) is 21.4. The van der Waals surface area contributed by atoms with Crippen molar-refractivity contribution in [1.82, 2.24) is 15.1 Å². The zero-order chi connectivity index (χ0) is 30.7. The summed E-state index contributed by atoms with van der Waals surface area (Å²) in [5, 5.41) is 5.66. The third-order valence-electron chi connectivity index (χ3n) is 7.48. The van der Waals surface area contributed by atoms with Gasteiger partial charge in [-0.2, -0.15) is 0 Å². The normalized spacial score (nSPS) is 17.6. The van der Waals surface area contributed by atoms with Crippen LogP contribution >= 0.6 is 0 Å². The van der Waals surface area contributed by atoms with Crippen molar-refractivity contribution in [3.63, 3.8) is 0 Å². The third kappa shape index (κ3) is 9.09. The van der Waals surface area contributed by atoms with Crippen LogP contribution in [0.15, 0.2) is 78.9 Å². The molecule has 0 spiro atoms. The number of nitrogens with zero attached hydrogens (tertiary/aromatic N) is 2. The number of halogens is 1. The first-order valence-corrected chi connectivity index (χ1v) is 14.8. The molecule has 232 valence electrons. The molecule has 5 rings (SSSR count). The summed E-state index contributed by atoms with van der Waals surface area (Å²) in [6.07, 6.45) is 1.31. The van der Waals surface area contributed by atoms with Gasteiger partial charge in [0.25, 0.3) is 5.91 Å². The van der Waals surface area contributed by atoms with Gasteiger partial charge in [-0.05, 0) is 66.9 Å². The van der Waals surface area contributed by atoms with Crippen molar-refractivity contribution in [3.05, 3.63) is 90.2 Å². The Balaban J connectivity index is 1.14. The predicted octanol–water partition coefficient (Wildman–Crippen LogP) is 3.58. The number of nitrogens with one attached hydrogen (secondary N) is 2. The van der Waals surface area contributed by atoms with Crippen LogP contribution in [0.2, 0.25) is 0 Å². The molecule has 3 aromatic rings. The first-order valence-electron chi connectivity index (χ1n) is 14.8. The molecule has 11 heteroatoms. The fourth-order valence-electron chi connectivity index (χ4n) is 5.07. The molecule has 2 saturated heterocycles. The van der Waals surface area contributed by atoms with Crippen LogP contribution in [0, 0.1) is 5.82 Å². The van der Waals surface area contributed by atoms with Crippen LogP contribution in [-0.2, 0) is 30.5 Å². The average Bonchev–Trinajstić information content (AvgIpc) is 3.58. The Morgan fingerprint density at radius 1 is 0.909 bits per heavy atom. The lowest BCUT2D eigenvalue weighted by atomic mass is 10.2. The Kier molecular flexibility index (Phi) is 10.9. The van der Waals surface area contributed by atoms with Crippen molar-refractivity contribution in [3.8, 4) is 11.5 Å². The van der Waals surface area contributed by atoms with Crippen LogP contribution in [0.5, 0.6) is 11.5 Å². The van der Waals surface area contributed by atoms with E-state index in [1.807, 2.05) is 35.2 Å². The van der Waals surface area contributed by atoms with E-state index in [0.717, 1.165) is 18.4 Å². The lowest BCUT2D eigenvalue weighted by Gasteiger charge is -2.35. The summed E-state index contributed by atoms with van der Waals surface area (Å²) in [6.45, 7) is 3.14. The number of piperazine rings is 1. The molecular formula is C33H37FN4O6. The van der Waals surface area contributed by atoms with Gasteiger partial charge in [0.05, 0.1) is 19.8 Å². The number of benzene rings is 3. The second kappa shape index (κ2) is 15.4. The quantitative estimate of drug-likeness (QED) is 0.325. The van der Waals surface area contributed by atoms with Crippen LogP contribution in [-0.4, -0.2) is 85.6 Å². The van der Waals surface area contributed by atoms with Crippen molar-refractivity contribution < 1.29 is 33.0 Å². The van der Waals surface area contributed by atoms with Crippen molar-refractivity contribution in [2.75, 3.05) is 51.3 Å². The van der Waals surface area contributed by atoms with E-state index in [-0.39, 0.29) is 43.5 Å². The summed E-state index contributed by atoms with van der Waals surface area (Å²) in [4.78, 5) is 42.7. The summed E-state index contributed by atoms with van der Waals surface area (Å²) in [6, 6.07) is 21.0. The summed E-state index contributed by atoms with van der Waals surface area (Å²) in [5.41, 5.74) is 1.46. The molecule has 1 unspecified atom stereocenters. The van der Waals surface area contributed by atoms with Crippen LogP contribution in [0.4, 0.5) is 10.1 Å². The monoisotopic (exact) mass is 604 g/mol. The van der Waals surface area contributed by atoms with Crippen LogP contribution in [0.3, 0.4) is 0 Å². The Hall–Kier alpha value is -4.32. The van der Waals surface area contributed by atoms with Crippen LogP contribution < -0.4 is 15.4 Å². The first kappa shape index (κ1) is 31.1. The fourth-order valence-corrected chi connectivity index (χ4v) is 5.07. The van der Waals surface area contributed by atoms with Gasteiger partial charge in [0, 0.05) is 38.5 Å². The minimum absolute atomic E-state index is 0.0222. The molecule has 0 radical (unpaired) electrons. The number of amides is 3. The highest BCUT2D eigenvalue weighted by molar-refractivity contribution is 5.97. The number of ether oxygens (including phenoxy) is 3. The molecule has 2 aliphatic heterocycles. The average molecular weight is 605 g/mol. The number of hydrogen-bond acceptors (Lipinski definition) is 7. The number of anilines is 1. The minimum atomic E-state index is -0.941. The molecule has 0 aromatic heterocycles. The molecule has 2 heterocycles. The minimum Gasteiger partial charge on any atom is -0.457 e. The van der Waals surface area contributed by atoms with Crippen molar-refractivity contribution in [2.45, 2.75) is 31.6 Å². The standard InChI is InChI=1S/C33H37FN4O6/c34-25-8-12-27(13-9-25)44-28-14-10-26(11-15-28)35-32(40)29(23-42-22-24-5-2-1-3-6-24)36-31(39)21-37-16-18-38(19-17-37)33(41)30-7-4-20-43-30/h1-3,5-6,8-15,29-30H,4,7,16-23H2,(H,35,40)(H,36,39)/t29-,30?/m0/s1. The van der Waals surface area contributed by atoms with E-state index in [0.29, 0.717) is 50.0 Å². The molecule has 0 aliphatic carbocycles. The van der Waals surface area contributed by atoms with Gasteiger partial charge in [0.1, 0.15) is 29.5 Å². The number of carbonyl (C=O) groups excluding carboxylic acids is 3. The smallest absolute Gasteiger partial charge is 0.251 e. The molecule has 0 bridgehead atoms. The Labute approximate surface area is 256 Å². The molecule has 0 saturated carbocycles. The van der Waals surface area contributed by atoms with Gasteiger partial charge in [0.15, 0.2) is 0 Å². The zero-order valence-corrected chi connectivity index (χ0v) is 24.5. The zero-order valence-electron chi connectivity index (χ0n) is 24.5. The molecule has 10 nitrogen and oxygen atoms in total. The van der Waals surface area contributed by atoms with Crippen molar-refractivity contribution in [2.24, 2.45) is 0 Å². The number of hydrogen-bond donors (Lipinski definition) is 2. The Morgan fingerprint density at radius 3 is 2.25 bits per heavy atom. The van der Waals surface area contributed by atoms with E-state index in [9.17, 15) is 18.8 Å². The highest BCUT2D eigenvalue weighted by atomic mass is 19.1. The lowest BCUT2D eigenvalue weighted by Crippen LogP contribution is -2.55. The predicted molar refractivity (Wildman–Crippen MR) is 162 cm³/mol. The van der Waals surface area contributed by atoms with Gasteiger partial charge < -0.3 is 29.7 Å². The molecular weight excluding hydrogens is 567 g/mol. The maximum absolute atomic E-state index is 13.3. The SMILES string of the molecule is O=C(CN1CCN(C(=O)C2CCCO2)CC1)N[C@@H](COCc1ccccc1)C(=O)Nc1ccc(Oc2ccc(F)cc2)cc1. The molecule has 2 fully saturated rings. The van der Waals surface area contributed by atoms with Gasteiger partial charge in [-0.25, -0.2) is 4.39 Å². The van der Waals surface area contributed by atoms with Gasteiger partial charge in [-0.15, -0.1) is 0 Å². The molecule has 3 amide bonds. The van der Waals surface area contributed by atoms with E-state index in [1.165, 1.54) is 24.3 Å². The largest absolute Gasteiger partial charge is 0.457 e. The molecule has 2 aliphatic rings. The summed E-state index contributed by atoms with van der Waals surface area (Å²) < 4.78 is 30.2. The summed E-state index contributed by atoms with van der Waals surface area (Å²) >= 11 is 0. The lowest BCUT2D eigenvalue weighted by molar-refractivity contribution is -0.143. The van der Waals surface area contributed by atoms with Gasteiger partial charge in [-0.3, -0.25) is 19.3 Å². The van der Waals surface area contributed by atoms with E-state index in [1.54, 1.807) is 29.2 Å². The molecule has 3 aromatic carbocycles. The maximum atomic E-state index is 13.3. The Bertz CT molecular complexity index is 1380. The fraction of sp³-hybridized carbons (Fsp3) is 0.364. The Morgan fingerprint density at radius 2 is 1.59 bits per heavy atom.